The molecule has 2 atom stereocenters. The zero-order valence-corrected chi connectivity index (χ0v) is 13.2. The summed E-state index contributed by atoms with van der Waals surface area (Å²) in [6.45, 7) is 6.57. The van der Waals surface area contributed by atoms with Crippen LogP contribution in [-0.4, -0.2) is 31.4 Å². The lowest BCUT2D eigenvalue weighted by atomic mass is 10.0. The van der Waals surface area contributed by atoms with Gasteiger partial charge in [0.25, 0.3) is 0 Å². The molecule has 2 rings (SSSR count). The summed E-state index contributed by atoms with van der Waals surface area (Å²) in [7, 11) is -3.41. The van der Waals surface area contributed by atoms with E-state index in [2.05, 4.69) is 13.8 Å². The normalized spacial score (nSPS) is 25.1. The minimum atomic E-state index is -3.41. The molecule has 1 aliphatic rings. The van der Waals surface area contributed by atoms with E-state index in [4.69, 9.17) is 5.73 Å². The first-order valence-corrected chi connectivity index (χ1v) is 8.63. The van der Waals surface area contributed by atoms with Gasteiger partial charge in [0, 0.05) is 18.6 Å². The van der Waals surface area contributed by atoms with Gasteiger partial charge in [-0.3, -0.25) is 0 Å². The molecule has 0 radical (unpaired) electrons. The summed E-state index contributed by atoms with van der Waals surface area (Å²) in [5, 5.41) is 0. The Morgan fingerprint density at radius 1 is 1.35 bits per heavy atom. The third kappa shape index (κ3) is 3.05. The molecule has 0 saturated carbocycles. The first-order chi connectivity index (χ1) is 9.32. The van der Waals surface area contributed by atoms with Crippen LogP contribution in [0, 0.1) is 0 Å². The van der Waals surface area contributed by atoms with Gasteiger partial charge in [-0.05, 0) is 43.4 Å². The van der Waals surface area contributed by atoms with Gasteiger partial charge in [0.1, 0.15) is 0 Å². The van der Waals surface area contributed by atoms with E-state index < -0.39 is 10.0 Å². The summed E-state index contributed by atoms with van der Waals surface area (Å²) in [6.07, 6.45) is 1.45. The highest BCUT2D eigenvalue weighted by Crippen LogP contribution is 2.26. The van der Waals surface area contributed by atoms with Crippen molar-refractivity contribution >= 4 is 10.0 Å². The maximum atomic E-state index is 12.8. The second-order valence-corrected chi connectivity index (χ2v) is 7.87. The molecule has 0 aliphatic carbocycles. The molecule has 5 heteroatoms. The van der Waals surface area contributed by atoms with E-state index in [-0.39, 0.29) is 12.1 Å². The molecule has 4 nitrogen and oxygen atoms in total. The van der Waals surface area contributed by atoms with Gasteiger partial charge in [-0.25, -0.2) is 8.42 Å². The van der Waals surface area contributed by atoms with E-state index in [1.807, 2.05) is 19.1 Å². The van der Waals surface area contributed by atoms with Crippen LogP contribution in [0.25, 0.3) is 0 Å². The van der Waals surface area contributed by atoms with Crippen LogP contribution >= 0.6 is 0 Å². The monoisotopic (exact) mass is 296 g/mol. The van der Waals surface area contributed by atoms with Crippen molar-refractivity contribution in [2.75, 3.05) is 6.54 Å². The van der Waals surface area contributed by atoms with E-state index in [1.54, 1.807) is 16.4 Å². The molecular formula is C15H24N2O2S. The van der Waals surface area contributed by atoms with Gasteiger partial charge in [-0.2, -0.15) is 4.31 Å². The van der Waals surface area contributed by atoms with Gasteiger partial charge in [-0.1, -0.05) is 26.0 Å². The maximum absolute atomic E-state index is 12.8. The molecular weight excluding hydrogens is 272 g/mol. The van der Waals surface area contributed by atoms with Crippen molar-refractivity contribution in [2.24, 2.45) is 5.73 Å². The van der Waals surface area contributed by atoms with Gasteiger partial charge in [0.15, 0.2) is 0 Å². The first-order valence-electron chi connectivity index (χ1n) is 7.19. The SMILES string of the molecule is CC(C)c1cccc(S(=O)(=O)N2CCC(N)CC2C)c1. The van der Waals surface area contributed by atoms with Crippen LogP contribution in [0.3, 0.4) is 0 Å². The molecule has 20 heavy (non-hydrogen) atoms. The van der Waals surface area contributed by atoms with Gasteiger partial charge in [0.2, 0.25) is 10.0 Å². The number of rotatable bonds is 3. The standard InChI is InChI=1S/C15H24N2O2S/c1-11(2)13-5-4-6-15(10-13)20(18,19)17-8-7-14(16)9-12(17)3/h4-6,10-12,14H,7-9,16H2,1-3H3. The number of sulfonamides is 1. The van der Waals surface area contributed by atoms with E-state index in [1.165, 1.54) is 0 Å². The molecule has 0 aromatic heterocycles. The van der Waals surface area contributed by atoms with Crippen LogP contribution in [0.15, 0.2) is 29.2 Å². The van der Waals surface area contributed by atoms with Crippen LogP contribution in [0.5, 0.6) is 0 Å². The summed E-state index contributed by atoms with van der Waals surface area (Å²) in [5.41, 5.74) is 6.96. The summed E-state index contributed by atoms with van der Waals surface area (Å²) in [6, 6.07) is 7.34. The molecule has 1 aromatic rings. The fourth-order valence-corrected chi connectivity index (χ4v) is 4.43. The number of hydrogen-bond acceptors (Lipinski definition) is 3. The summed E-state index contributed by atoms with van der Waals surface area (Å²) in [4.78, 5) is 0.394. The Morgan fingerprint density at radius 3 is 2.65 bits per heavy atom. The number of piperidine rings is 1. The van der Waals surface area contributed by atoms with E-state index in [0.717, 1.165) is 18.4 Å². The molecule has 0 bridgehead atoms. The fourth-order valence-electron chi connectivity index (χ4n) is 2.71. The van der Waals surface area contributed by atoms with Crippen LogP contribution in [-0.2, 0) is 10.0 Å². The van der Waals surface area contributed by atoms with Crippen molar-refractivity contribution in [3.05, 3.63) is 29.8 Å². The highest BCUT2D eigenvalue weighted by molar-refractivity contribution is 7.89. The van der Waals surface area contributed by atoms with E-state index in [0.29, 0.717) is 17.4 Å². The molecule has 2 unspecified atom stereocenters. The molecule has 112 valence electrons. The van der Waals surface area contributed by atoms with Crippen molar-refractivity contribution in [1.82, 2.24) is 4.31 Å². The van der Waals surface area contributed by atoms with Crippen molar-refractivity contribution in [3.8, 4) is 0 Å². The van der Waals surface area contributed by atoms with Gasteiger partial charge in [0.05, 0.1) is 4.90 Å². The largest absolute Gasteiger partial charge is 0.328 e. The fraction of sp³-hybridized carbons (Fsp3) is 0.600. The Bertz CT molecular complexity index is 569. The van der Waals surface area contributed by atoms with E-state index in [9.17, 15) is 8.42 Å². The third-order valence-electron chi connectivity index (χ3n) is 3.99. The summed E-state index contributed by atoms with van der Waals surface area (Å²) in [5.74, 6) is 0.317. The zero-order chi connectivity index (χ0) is 14.9. The van der Waals surface area contributed by atoms with Gasteiger partial charge >= 0.3 is 0 Å². The molecule has 1 aromatic carbocycles. The predicted octanol–water partition coefficient (Wildman–Crippen LogP) is 2.31. The van der Waals surface area contributed by atoms with Crippen molar-refractivity contribution in [1.29, 1.82) is 0 Å². The maximum Gasteiger partial charge on any atom is 0.243 e. The Hall–Kier alpha value is -0.910. The summed E-state index contributed by atoms with van der Waals surface area (Å²) < 4.78 is 27.1. The zero-order valence-electron chi connectivity index (χ0n) is 12.4. The smallest absolute Gasteiger partial charge is 0.243 e. The molecule has 1 fully saturated rings. The average Bonchev–Trinajstić information content (AvgIpc) is 2.38. The average molecular weight is 296 g/mol. The minimum Gasteiger partial charge on any atom is -0.328 e. The Labute approximate surface area is 122 Å². The Balaban J connectivity index is 2.33. The van der Waals surface area contributed by atoms with Crippen LogP contribution in [0.4, 0.5) is 0 Å². The minimum absolute atomic E-state index is 0.0357. The second kappa shape index (κ2) is 5.84. The second-order valence-electron chi connectivity index (χ2n) is 5.98. The van der Waals surface area contributed by atoms with Crippen LogP contribution in [0.1, 0.15) is 45.1 Å². The topological polar surface area (TPSA) is 63.4 Å². The van der Waals surface area contributed by atoms with Crippen molar-refractivity contribution < 1.29 is 8.42 Å². The number of nitrogens with zero attached hydrogens (tertiary/aromatic N) is 1. The number of hydrogen-bond donors (Lipinski definition) is 1. The van der Waals surface area contributed by atoms with Crippen molar-refractivity contribution in [2.45, 2.75) is 56.5 Å². The molecule has 1 aliphatic heterocycles. The highest BCUT2D eigenvalue weighted by Gasteiger charge is 2.33. The lowest BCUT2D eigenvalue weighted by Gasteiger charge is -2.35. The van der Waals surface area contributed by atoms with Crippen molar-refractivity contribution in [3.63, 3.8) is 0 Å². The Kier molecular flexibility index (Phi) is 4.52. The molecule has 1 heterocycles. The predicted molar refractivity (Wildman–Crippen MR) is 81.1 cm³/mol. The van der Waals surface area contributed by atoms with Gasteiger partial charge < -0.3 is 5.73 Å². The molecule has 2 N–H and O–H groups in total. The van der Waals surface area contributed by atoms with Crippen LogP contribution in [0.2, 0.25) is 0 Å². The van der Waals surface area contributed by atoms with Crippen LogP contribution < -0.4 is 5.73 Å². The number of benzene rings is 1. The lowest BCUT2D eigenvalue weighted by molar-refractivity contribution is 0.247. The quantitative estimate of drug-likeness (QED) is 0.931. The van der Waals surface area contributed by atoms with E-state index >= 15 is 0 Å². The highest BCUT2D eigenvalue weighted by atomic mass is 32.2. The third-order valence-corrected chi connectivity index (χ3v) is 6.00. The molecule has 0 spiro atoms. The molecule has 0 amide bonds. The Morgan fingerprint density at radius 2 is 2.05 bits per heavy atom. The van der Waals surface area contributed by atoms with Gasteiger partial charge in [-0.15, -0.1) is 0 Å². The number of nitrogens with two attached hydrogens (primary N) is 1. The first kappa shape index (κ1) is 15.5. The summed E-state index contributed by atoms with van der Waals surface area (Å²) >= 11 is 0. The molecule has 1 saturated heterocycles. The lowest BCUT2D eigenvalue weighted by Crippen LogP contribution is -2.48.